The molecule has 0 fully saturated rings. The summed E-state index contributed by atoms with van der Waals surface area (Å²) >= 11 is 0. The van der Waals surface area contributed by atoms with Crippen molar-refractivity contribution < 1.29 is 23.8 Å². The number of ether oxygens (including phenoxy) is 3. The van der Waals surface area contributed by atoms with E-state index in [0.29, 0.717) is 41.2 Å². The third-order valence-electron chi connectivity index (χ3n) is 6.35. The van der Waals surface area contributed by atoms with Crippen LogP contribution >= 0.6 is 0 Å². The largest absolute Gasteiger partial charge is 0.497 e. The Morgan fingerprint density at radius 1 is 1.06 bits per heavy atom. The van der Waals surface area contributed by atoms with Crippen LogP contribution in [0.1, 0.15) is 49.7 Å². The van der Waals surface area contributed by atoms with Gasteiger partial charge in [-0.1, -0.05) is 36.4 Å². The molecule has 0 radical (unpaired) electrons. The van der Waals surface area contributed by atoms with Crippen molar-refractivity contribution in [2.24, 2.45) is 0 Å². The van der Waals surface area contributed by atoms with Crippen LogP contribution in [0.4, 0.5) is 0 Å². The fourth-order valence-corrected chi connectivity index (χ4v) is 4.85. The van der Waals surface area contributed by atoms with Crippen molar-refractivity contribution in [1.29, 1.82) is 0 Å². The van der Waals surface area contributed by atoms with Crippen LogP contribution in [0, 0.1) is 0 Å². The van der Waals surface area contributed by atoms with Crippen molar-refractivity contribution in [2.45, 2.75) is 38.5 Å². The number of methoxy groups -OCH3 is 2. The Bertz CT molecular complexity index is 1130. The first-order chi connectivity index (χ1) is 16.0. The lowest BCUT2D eigenvalue weighted by atomic mass is 9.71. The number of carbonyl (C=O) groups excluding carboxylic acids is 2. The maximum atomic E-state index is 13.6. The minimum Gasteiger partial charge on any atom is -0.497 e. The van der Waals surface area contributed by atoms with E-state index in [1.165, 1.54) is 0 Å². The van der Waals surface area contributed by atoms with Gasteiger partial charge in [0.15, 0.2) is 5.78 Å². The molecule has 172 valence electrons. The van der Waals surface area contributed by atoms with E-state index in [4.69, 9.17) is 14.2 Å². The number of hydrogen-bond acceptors (Lipinski definition) is 6. The minimum absolute atomic E-state index is 0.0229. The Labute approximate surface area is 194 Å². The van der Waals surface area contributed by atoms with E-state index in [2.05, 4.69) is 17.4 Å². The van der Waals surface area contributed by atoms with E-state index in [1.54, 1.807) is 27.2 Å². The van der Waals surface area contributed by atoms with Gasteiger partial charge in [0.2, 0.25) is 0 Å². The number of carbonyl (C=O) groups is 2. The summed E-state index contributed by atoms with van der Waals surface area (Å²) in [7, 11) is 3.16. The smallest absolute Gasteiger partial charge is 0.336 e. The number of Topliss-reactive ketones (excluding diaryl/α,β-unsaturated/α-hetero) is 1. The molecule has 6 nitrogen and oxygen atoms in total. The Balaban J connectivity index is 1.85. The molecule has 0 aromatic heterocycles. The molecular formula is C27H29NO5. The van der Waals surface area contributed by atoms with Gasteiger partial charge in [0, 0.05) is 35.0 Å². The minimum atomic E-state index is -0.578. The molecule has 4 rings (SSSR count). The lowest BCUT2D eigenvalue weighted by Gasteiger charge is -2.37. The molecule has 0 saturated heterocycles. The average molecular weight is 448 g/mol. The van der Waals surface area contributed by atoms with Crippen LogP contribution < -0.4 is 14.8 Å². The summed E-state index contributed by atoms with van der Waals surface area (Å²) in [6.07, 6.45) is 1.07. The standard InChI is InChI=1S/C27H29NO5/c1-5-33-27(30)24-16(2)28-21-13-18(17-9-7-6-8-10-17)14-22(29)26(21)25(24)20-12-11-19(31-3)15-23(20)32-4/h6-12,15,18,25,28H,5,13-14H2,1-4H3/t18-,25+/m1/s1. The van der Waals surface area contributed by atoms with E-state index in [-0.39, 0.29) is 18.3 Å². The summed E-state index contributed by atoms with van der Waals surface area (Å²) in [6.45, 7) is 3.88. The molecule has 2 atom stereocenters. The molecule has 0 spiro atoms. The molecule has 1 aliphatic heterocycles. The summed E-state index contributed by atoms with van der Waals surface area (Å²) in [5.41, 5.74) is 4.46. The van der Waals surface area contributed by atoms with Crippen LogP contribution in [0.5, 0.6) is 11.5 Å². The number of benzene rings is 2. The molecule has 6 heteroatoms. The molecule has 0 bridgehead atoms. The number of rotatable bonds is 6. The first-order valence-electron chi connectivity index (χ1n) is 11.2. The Hall–Kier alpha value is -3.54. The van der Waals surface area contributed by atoms with Gasteiger partial charge in [0.25, 0.3) is 0 Å². The molecule has 1 N–H and O–H groups in total. The van der Waals surface area contributed by atoms with Gasteiger partial charge >= 0.3 is 5.97 Å². The molecule has 0 unspecified atom stereocenters. The van der Waals surface area contributed by atoms with Gasteiger partial charge in [-0.3, -0.25) is 4.79 Å². The third-order valence-corrected chi connectivity index (χ3v) is 6.35. The van der Waals surface area contributed by atoms with E-state index in [0.717, 1.165) is 16.8 Å². The SMILES string of the molecule is CCOC(=O)C1=C(C)NC2=C(C(=O)C[C@H](c3ccccc3)C2)[C@H]1c1ccc(OC)cc1OC. The number of ketones is 1. The monoisotopic (exact) mass is 447 g/mol. The predicted molar refractivity (Wildman–Crippen MR) is 125 cm³/mol. The Morgan fingerprint density at radius 3 is 2.48 bits per heavy atom. The molecule has 1 aliphatic carbocycles. The molecule has 1 heterocycles. The van der Waals surface area contributed by atoms with Gasteiger partial charge in [0.1, 0.15) is 11.5 Å². The van der Waals surface area contributed by atoms with Crippen LogP contribution in [-0.2, 0) is 14.3 Å². The number of esters is 1. The quantitative estimate of drug-likeness (QED) is 0.651. The molecule has 2 aliphatic rings. The Morgan fingerprint density at radius 2 is 1.82 bits per heavy atom. The van der Waals surface area contributed by atoms with Crippen LogP contribution in [-0.4, -0.2) is 32.6 Å². The second-order valence-electron chi connectivity index (χ2n) is 8.26. The predicted octanol–water partition coefficient (Wildman–Crippen LogP) is 4.63. The van der Waals surface area contributed by atoms with Crippen molar-refractivity contribution in [3.8, 4) is 11.5 Å². The highest BCUT2D eigenvalue weighted by molar-refractivity contribution is 6.04. The highest BCUT2D eigenvalue weighted by atomic mass is 16.5. The maximum Gasteiger partial charge on any atom is 0.336 e. The molecule has 33 heavy (non-hydrogen) atoms. The van der Waals surface area contributed by atoms with Crippen molar-refractivity contribution in [3.05, 3.63) is 82.2 Å². The first kappa shape index (κ1) is 22.6. The highest BCUT2D eigenvalue weighted by Gasteiger charge is 2.42. The lowest BCUT2D eigenvalue weighted by molar-refractivity contribution is -0.138. The zero-order valence-corrected chi connectivity index (χ0v) is 19.4. The summed E-state index contributed by atoms with van der Waals surface area (Å²) in [6, 6.07) is 15.5. The summed E-state index contributed by atoms with van der Waals surface area (Å²) < 4.78 is 16.4. The second-order valence-corrected chi connectivity index (χ2v) is 8.26. The number of nitrogens with one attached hydrogen (secondary N) is 1. The number of dihydropyridines is 1. The van der Waals surface area contributed by atoms with Crippen molar-refractivity contribution in [3.63, 3.8) is 0 Å². The average Bonchev–Trinajstić information content (AvgIpc) is 2.83. The van der Waals surface area contributed by atoms with Gasteiger partial charge < -0.3 is 19.5 Å². The number of allylic oxidation sites excluding steroid dienone is 3. The molecule has 2 aromatic carbocycles. The summed E-state index contributed by atoms with van der Waals surface area (Å²) in [4.78, 5) is 26.7. The van der Waals surface area contributed by atoms with Crippen LogP contribution in [0.25, 0.3) is 0 Å². The zero-order chi connectivity index (χ0) is 23.5. The topological polar surface area (TPSA) is 73.9 Å². The maximum absolute atomic E-state index is 13.6. The molecular weight excluding hydrogens is 418 g/mol. The van der Waals surface area contributed by atoms with Gasteiger partial charge in [-0.15, -0.1) is 0 Å². The van der Waals surface area contributed by atoms with Crippen LogP contribution in [0.2, 0.25) is 0 Å². The number of hydrogen-bond donors (Lipinski definition) is 1. The van der Waals surface area contributed by atoms with Crippen LogP contribution in [0.15, 0.2) is 71.1 Å². The normalized spacial score (nSPS) is 20.2. The van der Waals surface area contributed by atoms with Crippen molar-refractivity contribution in [1.82, 2.24) is 5.32 Å². The second kappa shape index (κ2) is 9.53. The van der Waals surface area contributed by atoms with Gasteiger partial charge in [0.05, 0.1) is 32.3 Å². The summed E-state index contributed by atoms with van der Waals surface area (Å²) in [5.74, 6) is 0.285. The Kier molecular flexibility index (Phi) is 6.54. The lowest BCUT2D eigenvalue weighted by Crippen LogP contribution is -2.36. The third kappa shape index (κ3) is 4.25. The van der Waals surface area contributed by atoms with E-state index >= 15 is 0 Å². The first-order valence-corrected chi connectivity index (χ1v) is 11.2. The van der Waals surface area contributed by atoms with E-state index < -0.39 is 11.9 Å². The van der Waals surface area contributed by atoms with Gasteiger partial charge in [-0.05, 0) is 37.8 Å². The fourth-order valence-electron chi connectivity index (χ4n) is 4.85. The highest BCUT2D eigenvalue weighted by Crippen LogP contribution is 2.48. The van der Waals surface area contributed by atoms with E-state index in [1.807, 2.05) is 37.3 Å². The fraction of sp³-hybridized carbons (Fsp3) is 0.333. The van der Waals surface area contributed by atoms with Crippen molar-refractivity contribution in [2.75, 3.05) is 20.8 Å². The molecule has 0 saturated carbocycles. The van der Waals surface area contributed by atoms with Crippen LogP contribution in [0.3, 0.4) is 0 Å². The van der Waals surface area contributed by atoms with Crippen molar-refractivity contribution >= 4 is 11.8 Å². The molecule has 0 amide bonds. The van der Waals surface area contributed by atoms with Gasteiger partial charge in [-0.25, -0.2) is 4.79 Å². The molecule has 2 aromatic rings. The van der Waals surface area contributed by atoms with Gasteiger partial charge in [-0.2, -0.15) is 0 Å². The van der Waals surface area contributed by atoms with E-state index in [9.17, 15) is 9.59 Å². The summed E-state index contributed by atoms with van der Waals surface area (Å²) in [5, 5.41) is 3.37. The zero-order valence-electron chi connectivity index (χ0n) is 19.4.